The third-order valence-corrected chi connectivity index (χ3v) is 5.79. The molecule has 21 heavy (non-hydrogen) atoms. The average Bonchev–Trinajstić information content (AvgIpc) is 2.95. The van der Waals surface area contributed by atoms with Crippen LogP contribution in [0.15, 0.2) is 27.6 Å². The van der Waals surface area contributed by atoms with Crippen molar-refractivity contribution in [1.82, 2.24) is 9.62 Å². The van der Waals surface area contributed by atoms with E-state index in [-0.39, 0.29) is 23.8 Å². The molecule has 0 aliphatic carbocycles. The zero-order valence-corrected chi connectivity index (χ0v) is 13.9. The van der Waals surface area contributed by atoms with Crippen molar-refractivity contribution in [3.05, 3.63) is 22.7 Å². The summed E-state index contributed by atoms with van der Waals surface area (Å²) in [6, 6.07) is 4.58. The Kier molecular flexibility index (Phi) is 5.23. The summed E-state index contributed by atoms with van der Waals surface area (Å²) < 4.78 is 27.2. The summed E-state index contributed by atoms with van der Waals surface area (Å²) in [6.07, 6.45) is 2.21. The van der Waals surface area contributed by atoms with Crippen LogP contribution in [-0.4, -0.2) is 38.9 Å². The van der Waals surface area contributed by atoms with Crippen molar-refractivity contribution in [3.8, 4) is 0 Å². The summed E-state index contributed by atoms with van der Waals surface area (Å²) in [4.78, 5) is 13.7. The first-order chi connectivity index (χ1) is 9.90. The van der Waals surface area contributed by atoms with Crippen molar-refractivity contribution in [3.63, 3.8) is 0 Å². The summed E-state index contributed by atoms with van der Waals surface area (Å²) in [5, 5.41) is 0. The molecule has 0 spiro atoms. The van der Waals surface area contributed by atoms with Gasteiger partial charge in [0.25, 0.3) is 0 Å². The van der Waals surface area contributed by atoms with E-state index in [1.807, 2.05) is 0 Å². The normalized spacial score (nSPS) is 15.4. The highest BCUT2D eigenvalue weighted by molar-refractivity contribution is 9.10. The SMILES string of the molecule is Nc1ccc(Br)c(S(=O)(=O)NCCC(=O)N2CCCC2)c1. The smallest absolute Gasteiger partial charge is 0.241 e. The summed E-state index contributed by atoms with van der Waals surface area (Å²) in [5.41, 5.74) is 5.98. The molecular weight excluding hydrogens is 358 g/mol. The van der Waals surface area contributed by atoms with Gasteiger partial charge in [0.1, 0.15) is 0 Å². The number of likely N-dealkylation sites (tertiary alicyclic amines) is 1. The maximum absolute atomic E-state index is 12.2. The van der Waals surface area contributed by atoms with Crippen molar-refractivity contribution < 1.29 is 13.2 Å². The number of nitrogens with zero attached hydrogens (tertiary/aromatic N) is 1. The molecule has 1 saturated heterocycles. The lowest BCUT2D eigenvalue weighted by Gasteiger charge is -2.15. The molecule has 1 aromatic rings. The van der Waals surface area contributed by atoms with Crippen LogP contribution in [0.1, 0.15) is 19.3 Å². The van der Waals surface area contributed by atoms with Crippen LogP contribution in [-0.2, 0) is 14.8 Å². The minimum Gasteiger partial charge on any atom is -0.399 e. The molecule has 1 fully saturated rings. The van der Waals surface area contributed by atoms with Crippen LogP contribution in [0.4, 0.5) is 5.69 Å². The number of nitrogens with two attached hydrogens (primary N) is 1. The number of benzene rings is 1. The fourth-order valence-electron chi connectivity index (χ4n) is 2.22. The number of hydrogen-bond acceptors (Lipinski definition) is 4. The molecule has 1 amide bonds. The fourth-order valence-corrected chi connectivity index (χ4v) is 4.25. The molecule has 1 aromatic carbocycles. The quantitative estimate of drug-likeness (QED) is 0.759. The second-order valence-corrected chi connectivity index (χ2v) is 7.52. The molecule has 1 aliphatic rings. The molecule has 8 heteroatoms. The van der Waals surface area contributed by atoms with Gasteiger partial charge in [-0.15, -0.1) is 0 Å². The van der Waals surface area contributed by atoms with E-state index in [1.165, 1.54) is 6.07 Å². The lowest BCUT2D eigenvalue weighted by Crippen LogP contribution is -2.32. The molecule has 1 heterocycles. The third kappa shape index (κ3) is 4.18. The first kappa shape index (κ1) is 16.3. The maximum atomic E-state index is 12.2. The van der Waals surface area contributed by atoms with Gasteiger partial charge in [-0.3, -0.25) is 4.79 Å². The fraction of sp³-hybridized carbons (Fsp3) is 0.462. The Morgan fingerprint density at radius 1 is 1.33 bits per heavy atom. The standard InChI is InChI=1S/C13H18BrN3O3S/c14-11-4-3-10(15)9-12(11)21(19,20)16-6-5-13(18)17-7-1-2-8-17/h3-4,9,16H,1-2,5-8,15H2. The highest BCUT2D eigenvalue weighted by Crippen LogP contribution is 2.24. The van der Waals surface area contributed by atoms with Gasteiger partial charge in [-0.25, -0.2) is 13.1 Å². The van der Waals surface area contributed by atoms with Crippen molar-refractivity contribution in [2.24, 2.45) is 0 Å². The number of nitrogen functional groups attached to an aromatic ring is 1. The highest BCUT2D eigenvalue weighted by Gasteiger charge is 2.20. The van der Waals surface area contributed by atoms with E-state index in [1.54, 1.807) is 17.0 Å². The summed E-state index contributed by atoms with van der Waals surface area (Å²) in [6.45, 7) is 1.62. The van der Waals surface area contributed by atoms with Crippen LogP contribution in [0.25, 0.3) is 0 Å². The Labute approximate surface area is 132 Å². The van der Waals surface area contributed by atoms with E-state index in [9.17, 15) is 13.2 Å². The Hall–Kier alpha value is -1.12. The summed E-state index contributed by atoms with van der Waals surface area (Å²) >= 11 is 3.19. The largest absolute Gasteiger partial charge is 0.399 e. The minimum atomic E-state index is -3.68. The Morgan fingerprint density at radius 2 is 2.00 bits per heavy atom. The molecule has 2 rings (SSSR count). The first-order valence-electron chi connectivity index (χ1n) is 6.72. The predicted molar refractivity (Wildman–Crippen MR) is 84.2 cm³/mol. The number of nitrogens with one attached hydrogen (secondary N) is 1. The zero-order valence-electron chi connectivity index (χ0n) is 11.5. The Bertz CT molecular complexity index is 628. The topological polar surface area (TPSA) is 92.5 Å². The van der Waals surface area contributed by atoms with Gasteiger partial charge in [-0.1, -0.05) is 0 Å². The van der Waals surface area contributed by atoms with Gasteiger partial charge in [0.15, 0.2) is 0 Å². The number of hydrogen-bond donors (Lipinski definition) is 2. The van der Waals surface area contributed by atoms with Crippen LogP contribution in [0.2, 0.25) is 0 Å². The van der Waals surface area contributed by atoms with Crippen LogP contribution in [0.5, 0.6) is 0 Å². The van der Waals surface area contributed by atoms with Crippen LogP contribution < -0.4 is 10.5 Å². The van der Waals surface area contributed by atoms with Gasteiger partial charge >= 0.3 is 0 Å². The van der Waals surface area contributed by atoms with Crippen molar-refractivity contribution >= 4 is 37.5 Å². The number of rotatable bonds is 5. The second kappa shape index (κ2) is 6.76. The Morgan fingerprint density at radius 3 is 2.67 bits per heavy atom. The van der Waals surface area contributed by atoms with Crippen LogP contribution in [0.3, 0.4) is 0 Å². The third-order valence-electron chi connectivity index (χ3n) is 3.33. The molecule has 116 valence electrons. The van der Waals surface area contributed by atoms with E-state index in [0.717, 1.165) is 25.9 Å². The summed E-state index contributed by atoms with van der Waals surface area (Å²) in [7, 11) is -3.68. The van der Waals surface area contributed by atoms with Gasteiger partial charge in [-0.2, -0.15) is 0 Å². The highest BCUT2D eigenvalue weighted by atomic mass is 79.9. The minimum absolute atomic E-state index is 0.0122. The molecule has 0 radical (unpaired) electrons. The molecule has 3 N–H and O–H groups in total. The molecule has 1 aliphatic heterocycles. The maximum Gasteiger partial charge on any atom is 0.241 e. The van der Waals surface area contributed by atoms with Gasteiger partial charge in [0, 0.05) is 36.2 Å². The zero-order chi connectivity index (χ0) is 15.5. The molecule has 6 nitrogen and oxygen atoms in total. The van der Waals surface area contributed by atoms with E-state index >= 15 is 0 Å². The molecule has 0 atom stereocenters. The number of anilines is 1. The number of halogens is 1. The molecule has 0 aromatic heterocycles. The molecule has 0 bridgehead atoms. The molecule has 0 saturated carbocycles. The lowest BCUT2D eigenvalue weighted by atomic mass is 10.3. The van der Waals surface area contributed by atoms with Gasteiger partial charge < -0.3 is 10.6 Å². The van der Waals surface area contributed by atoms with Crippen LogP contribution in [0, 0.1) is 0 Å². The predicted octanol–water partition coefficient (Wildman–Crippen LogP) is 1.32. The van der Waals surface area contributed by atoms with E-state index in [0.29, 0.717) is 10.2 Å². The summed E-state index contributed by atoms with van der Waals surface area (Å²) in [5.74, 6) is -0.0122. The number of amides is 1. The first-order valence-corrected chi connectivity index (χ1v) is 9.00. The monoisotopic (exact) mass is 375 g/mol. The molecular formula is C13H18BrN3O3S. The van der Waals surface area contributed by atoms with Crippen LogP contribution >= 0.6 is 15.9 Å². The number of sulfonamides is 1. The van der Waals surface area contributed by atoms with Gasteiger partial charge in [-0.05, 0) is 47.0 Å². The van der Waals surface area contributed by atoms with Crippen molar-refractivity contribution in [2.75, 3.05) is 25.4 Å². The van der Waals surface area contributed by atoms with E-state index in [2.05, 4.69) is 20.7 Å². The lowest BCUT2D eigenvalue weighted by molar-refractivity contribution is -0.129. The average molecular weight is 376 g/mol. The number of carbonyl (C=O) groups is 1. The van der Waals surface area contributed by atoms with Crippen molar-refractivity contribution in [2.45, 2.75) is 24.2 Å². The van der Waals surface area contributed by atoms with Gasteiger partial charge in [0.2, 0.25) is 15.9 Å². The van der Waals surface area contributed by atoms with Gasteiger partial charge in [0.05, 0.1) is 4.90 Å². The second-order valence-electron chi connectivity index (χ2n) is 4.93. The Balaban J connectivity index is 1.95. The van der Waals surface area contributed by atoms with E-state index in [4.69, 9.17) is 5.73 Å². The van der Waals surface area contributed by atoms with Crippen molar-refractivity contribution in [1.29, 1.82) is 0 Å². The van der Waals surface area contributed by atoms with E-state index < -0.39 is 10.0 Å². The number of carbonyl (C=O) groups excluding carboxylic acids is 1. The molecule has 0 unspecified atom stereocenters.